The number of hydrogen-bond donors (Lipinski definition) is 1. The summed E-state index contributed by atoms with van der Waals surface area (Å²) < 4.78 is 38.2. The molecule has 178 valence electrons. The maximum atomic E-state index is 12.4. The minimum absolute atomic E-state index is 0. The molecule has 1 atom stereocenters. The Balaban J connectivity index is 0.00000408. The van der Waals surface area contributed by atoms with E-state index in [9.17, 15) is 13.2 Å². The molecule has 0 amide bonds. The lowest BCUT2D eigenvalue weighted by Crippen LogP contribution is -2.14. The molecule has 2 aromatic carbocycles. The van der Waals surface area contributed by atoms with E-state index in [-0.39, 0.29) is 17.6 Å². The first-order valence-corrected chi connectivity index (χ1v) is 12.5. The van der Waals surface area contributed by atoms with Gasteiger partial charge in [-0.05, 0) is 67.4 Å². The van der Waals surface area contributed by atoms with E-state index in [4.69, 9.17) is 15.2 Å². The van der Waals surface area contributed by atoms with Gasteiger partial charge in [0.15, 0.2) is 9.84 Å². The zero-order valence-electron chi connectivity index (χ0n) is 19.2. The van der Waals surface area contributed by atoms with Crippen LogP contribution in [0, 0.1) is 5.92 Å². The van der Waals surface area contributed by atoms with Crippen LogP contribution < -0.4 is 20.8 Å². The fraction of sp³-hybridized carbons (Fsp3) is 0.320. The molecule has 2 N–H and O–H groups in total. The van der Waals surface area contributed by atoms with Gasteiger partial charge >= 0.3 is 0 Å². The highest BCUT2D eigenvalue weighted by Gasteiger charge is 2.17. The third kappa shape index (κ3) is 6.24. The summed E-state index contributed by atoms with van der Waals surface area (Å²) in [6.45, 7) is 4.91. The van der Waals surface area contributed by atoms with E-state index in [1.54, 1.807) is 50.5 Å². The highest BCUT2D eigenvalue weighted by atomic mass is 32.2. The summed E-state index contributed by atoms with van der Waals surface area (Å²) in [5.74, 6) is 2.15. The summed E-state index contributed by atoms with van der Waals surface area (Å²) in [4.78, 5) is 12.0. The van der Waals surface area contributed by atoms with E-state index >= 15 is 0 Å². The Morgan fingerprint density at radius 1 is 1.06 bits per heavy atom. The second-order valence-electron chi connectivity index (χ2n) is 8.00. The van der Waals surface area contributed by atoms with Crippen molar-refractivity contribution in [3.8, 4) is 28.4 Å². The summed E-state index contributed by atoms with van der Waals surface area (Å²) in [6, 6.07) is 15.1. The molecule has 8 heteroatoms. The highest BCUT2D eigenvalue weighted by Crippen LogP contribution is 2.35. The minimum Gasteiger partial charge on any atom is -0.493 e. The van der Waals surface area contributed by atoms with Crippen molar-refractivity contribution >= 4 is 9.84 Å². The van der Waals surface area contributed by atoms with Crippen molar-refractivity contribution in [2.75, 3.05) is 18.9 Å². The number of rotatable bonds is 10. The quantitative estimate of drug-likeness (QED) is 0.473. The first-order valence-electron chi connectivity index (χ1n) is 10.9. The zero-order chi connectivity index (χ0) is 24.0. The van der Waals surface area contributed by atoms with E-state index in [0.717, 1.165) is 12.2 Å². The molecular weight excluding hydrogens is 440 g/mol. The van der Waals surface area contributed by atoms with E-state index in [1.807, 2.05) is 12.1 Å². The van der Waals surface area contributed by atoms with Gasteiger partial charge in [-0.1, -0.05) is 13.8 Å². The monoisotopic (exact) mass is 472 g/mol. The third-order valence-corrected chi connectivity index (χ3v) is 7.06. The number of aryl methyl sites for hydroxylation is 1. The van der Waals surface area contributed by atoms with Crippen molar-refractivity contribution in [2.24, 2.45) is 18.7 Å². The lowest BCUT2D eigenvalue weighted by Gasteiger charge is -2.15. The van der Waals surface area contributed by atoms with Crippen LogP contribution in [0.2, 0.25) is 0 Å². The van der Waals surface area contributed by atoms with Crippen molar-refractivity contribution in [3.05, 3.63) is 71.1 Å². The van der Waals surface area contributed by atoms with Crippen molar-refractivity contribution in [2.45, 2.75) is 25.2 Å². The molecule has 0 radical (unpaired) electrons. The molecule has 3 aromatic rings. The lowest BCUT2D eigenvalue weighted by molar-refractivity contribution is 0.254. The molecule has 0 aliphatic carbocycles. The van der Waals surface area contributed by atoms with Gasteiger partial charge in [-0.15, -0.1) is 0 Å². The van der Waals surface area contributed by atoms with Gasteiger partial charge in [-0.25, -0.2) is 8.42 Å². The van der Waals surface area contributed by atoms with Crippen LogP contribution in [0.5, 0.6) is 17.2 Å². The van der Waals surface area contributed by atoms with Gasteiger partial charge < -0.3 is 19.8 Å². The Hall–Kier alpha value is -3.10. The Morgan fingerprint density at radius 3 is 2.39 bits per heavy atom. The molecule has 0 saturated carbocycles. The fourth-order valence-corrected chi connectivity index (χ4v) is 4.18. The Kier molecular flexibility index (Phi) is 7.94. The van der Waals surface area contributed by atoms with Gasteiger partial charge in [0.05, 0.1) is 17.3 Å². The van der Waals surface area contributed by atoms with Crippen LogP contribution in [-0.4, -0.2) is 31.9 Å². The molecule has 1 aromatic heterocycles. The molecule has 0 spiro atoms. The van der Waals surface area contributed by atoms with Crippen LogP contribution in [0.15, 0.2) is 70.5 Å². The van der Waals surface area contributed by atoms with Gasteiger partial charge in [-0.3, -0.25) is 4.79 Å². The number of hydrogen-bond acceptors (Lipinski definition) is 6. The predicted molar refractivity (Wildman–Crippen MR) is 132 cm³/mol. The molecule has 33 heavy (non-hydrogen) atoms. The molecule has 0 saturated heterocycles. The number of nitrogens with two attached hydrogens (primary N) is 1. The van der Waals surface area contributed by atoms with Crippen LogP contribution in [0.1, 0.15) is 21.7 Å². The molecular formula is C25H32N2O5S. The normalized spacial score (nSPS) is 12.4. The van der Waals surface area contributed by atoms with Crippen molar-refractivity contribution in [1.82, 2.24) is 4.57 Å². The number of sulfone groups is 1. The van der Waals surface area contributed by atoms with E-state index in [2.05, 4.69) is 6.92 Å². The minimum atomic E-state index is -3.41. The summed E-state index contributed by atoms with van der Waals surface area (Å²) in [5.41, 5.74) is 6.68. The molecule has 0 aliphatic heterocycles. The molecule has 0 bridgehead atoms. The average Bonchev–Trinajstić information content (AvgIpc) is 2.81. The van der Waals surface area contributed by atoms with E-state index < -0.39 is 9.84 Å². The van der Waals surface area contributed by atoms with Gasteiger partial charge in [0.1, 0.15) is 17.2 Å². The predicted octanol–water partition coefficient (Wildman–Crippen LogP) is 4.25. The molecule has 1 heterocycles. The molecule has 7 nitrogen and oxygen atoms in total. The number of aromatic nitrogens is 1. The molecule has 1 unspecified atom stereocenters. The van der Waals surface area contributed by atoms with E-state index in [1.165, 1.54) is 16.7 Å². The summed E-state index contributed by atoms with van der Waals surface area (Å²) in [6.07, 6.45) is 2.56. The second kappa shape index (κ2) is 10.7. The van der Waals surface area contributed by atoms with E-state index in [0.29, 0.717) is 41.7 Å². The average molecular weight is 473 g/mol. The highest BCUT2D eigenvalue weighted by molar-refractivity contribution is 7.91. The number of ether oxygens (including phenoxy) is 2. The number of pyridine rings is 1. The number of benzene rings is 2. The second-order valence-corrected chi connectivity index (χ2v) is 10.3. The Bertz CT molecular complexity index is 1260. The van der Waals surface area contributed by atoms with Crippen molar-refractivity contribution < 1.29 is 19.3 Å². The topological polar surface area (TPSA) is 101 Å². The van der Waals surface area contributed by atoms with Crippen LogP contribution in [-0.2, 0) is 16.9 Å². The summed E-state index contributed by atoms with van der Waals surface area (Å²) in [5, 5.41) is 0. The fourth-order valence-electron chi connectivity index (χ4n) is 3.27. The Labute approximate surface area is 196 Å². The van der Waals surface area contributed by atoms with Gasteiger partial charge in [0.25, 0.3) is 0 Å². The summed E-state index contributed by atoms with van der Waals surface area (Å²) in [7, 11) is -1.76. The van der Waals surface area contributed by atoms with Crippen LogP contribution in [0.25, 0.3) is 11.1 Å². The van der Waals surface area contributed by atoms with Crippen molar-refractivity contribution in [3.63, 3.8) is 0 Å². The zero-order valence-corrected chi connectivity index (χ0v) is 20.0. The largest absolute Gasteiger partial charge is 0.493 e. The first-order chi connectivity index (χ1) is 15.7. The summed E-state index contributed by atoms with van der Waals surface area (Å²) >= 11 is 0. The standard InChI is InChI=1S/C25H30N2O5S.H2/c1-4-33(29,30)22-10-11-24(23(15-22)19-5-12-25(28)27(3)16-19)32-21-8-6-20(7-9-21)31-17-18(2)13-14-26;/h5-12,15-16,18H,4,13-14,17,26H2,1-3H3;1H. The van der Waals surface area contributed by atoms with Gasteiger partial charge in [0.2, 0.25) is 5.56 Å². The SMILES string of the molecule is CCS(=O)(=O)c1ccc(Oc2ccc(OCC(C)CCN)cc2)c(-c2ccc(=O)n(C)c2)c1.[HH]. The lowest BCUT2D eigenvalue weighted by atomic mass is 10.1. The maximum Gasteiger partial charge on any atom is 0.250 e. The van der Waals surface area contributed by atoms with Crippen LogP contribution >= 0.6 is 0 Å². The number of nitrogens with zero attached hydrogens (tertiary/aromatic N) is 1. The van der Waals surface area contributed by atoms with Crippen LogP contribution in [0.3, 0.4) is 0 Å². The van der Waals surface area contributed by atoms with Crippen LogP contribution in [0.4, 0.5) is 0 Å². The van der Waals surface area contributed by atoms with Gasteiger partial charge in [-0.2, -0.15) is 0 Å². The Morgan fingerprint density at radius 2 is 1.76 bits per heavy atom. The van der Waals surface area contributed by atoms with Crippen molar-refractivity contribution in [1.29, 1.82) is 0 Å². The van der Waals surface area contributed by atoms with Gasteiger partial charge in [0, 0.05) is 31.9 Å². The molecule has 0 aliphatic rings. The third-order valence-electron chi connectivity index (χ3n) is 5.33. The maximum absolute atomic E-state index is 12.4. The molecule has 0 fully saturated rings. The molecule has 3 rings (SSSR count). The first kappa shape index (κ1) is 24.5. The smallest absolute Gasteiger partial charge is 0.250 e.